The van der Waals surface area contributed by atoms with Crippen LogP contribution in [0, 0.1) is 0 Å². The van der Waals surface area contributed by atoms with E-state index in [1.54, 1.807) is 0 Å². The summed E-state index contributed by atoms with van der Waals surface area (Å²) in [4.78, 5) is 59.9. The maximum atomic E-state index is 12.2. The average Bonchev–Trinajstić information content (AvgIpc) is 2.77. The van der Waals surface area contributed by atoms with Gasteiger partial charge in [-0.05, 0) is 6.92 Å². The summed E-state index contributed by atoms with van der Waals surface area (Å²) in [5.74, 6) is -2.00. The average molecular weight is 384 g/mol. The molecule has 2 rings (SSSR count). The van der Waals surface area contributed by atoms with Gasteiger partial charge in [0.15, 0.2) is 17.9 Å². The van der Waals surface area contributed by atoms with Crippen LogP contribution in [-0.4, -0.2) is 51.9 Å². The molecule has 11 heteroatoms. The lowest BCUT2D eigenvalue weighted by Gasteiger charge is -2.33. The van der Waals surface area contributed by atoms with Crippen molar-refractivity contribution < 1.29 is 33.3 Å². The summed E-state index contributed by atoms with van der Waals surface area (Å²) in [6.45, 7) is 4.60. The summed E-state index contributed by atoms with van der Waals surface area (Å²) in [5, 5.41) is 0. The number of carbonyl (C=O) groups is 3. The van der Waals surface area contributed by atoms with Crippen LogP contribution < -0.4 is 11.2 Å². The van der Waals surface area contributed by atoms with Crippen LogP contribution in [0.2, 0.25) is 0 Å². The summed E-state index contributed by atoms with van der Waals surface area (Å²) in [7, 11) is 0. The van der Waals surface area contributed by atoms with E-state index >= 15 is 0 Å². The number of hydrogen-bond acceptors (Lipinski definition) is 9. The number of hydrogen-bond donors (Lipinski definition) is 1. The van der Waals surface area contributed by atoms with Gasteiger partial charge in [-0.1, -0.05) is 0 Å². The molecule has 1 N–H and O–H groups in total. The minimum absolute atomic E-state index is 0.314. The molecule has 1 aliphatic rings. The molecule has 4 atom stereocenters. The molecule has 0 aromatic carbocycles. The normalized spacial score (nSPS) is 27.0. The van der Waals surface area contributed by atoms with Crippen LogP contribution in [0.4, 0.5) is 0 Å². The van der Waals surface area contributed by atoms with Gasteiger partial charge in [0, 0.05) is 33.0 Å². The molecular formula is C16H20N2O9. The van der Waals surface area contributed by atoms with Gasteiger partial charge >= 0.3 is 23.6 Å². The first-order valence-electron chi connectivity index (χ1n) is 8.01. The molecule has 1 saturated heterocycles. The molecular weight excluding hydrogens is 364 g/mol. The van der Waals surface area contributed by atoms with Gasteiger partial charge < -0.3 is 18.9 Å². The van der Waals surface area contributed by atoms with Crippen molar-refractivity contribution in [3.05, 3.63) is 33.1 Å². The fourth-order valence-electron chi connectivity index (χ4n) is 2.87. The number of ether oxygens (including phenoxy) is 4. The Kier molecular flexibility index (Phi) is 5.84. The van der Waals surface area contributed by atoms with Crippen molar-refractivity contribution in [2.45, 2.75) is 51.7 Å². The maximum Gasteiger partial charge on any atom is 0.330 e. The van der Waals surface area contributed by atoms with Crippen LogP contribution in [0.15, 0.2) is 21.9 Å². The lowest BCUT2D eigenvalue weighted by Crippen LogP contribution is -2.52. The van der Waals surface area contributed by atoms with Gasteiger partial charge in [-0.2, -0.15) is 0 Å². The summed E-state index contributed by atoms with van der Waals surface area (Å²) < 4.78 is 22.3. The van der Waals surface area contributed by atoms with Crippen LogP contribution in [0.1, 0.15) is 33.9 Å². The molecule has 0 unspecified atom stereocenters. The van der Waals surface area contributed by atoms with Crippen molar-refractivity contribution >= 4 is 17.9 Å². The van der Waals surface area contributed by atoms with Crippen LogP contribution in [0.3, 0.4) is 0 Å². The summed E-state index contributed by atoms with van der Waals surface area (Å²) in [6, 6.07) is 1.08. The highest BCUT2D eigenvalue weighted by Crippen LogP contribution is 2.41. The fourth-order valence-corrected chi connectivity index (χ4v) is 2.87. The van der Waals surface area contributed by atoms with Crippen molar-refractivity contribution in [2.24, 2.45) is 0 Å². The van der Waals surface area contributed by atoms with Crippen molar-refractivity contribution in [3.63, 3.8) is 0 Å². The molecule has 1 aromatic rings. The van der Waals surface area contributed by atoms with E-state index in [1.165, 1.54) is 13.8 Å². The molecule has 0 radical (unpaired) electrons. The molecule has 1 aliphatic heterocycles. The first-order chi connectivity index (χ1) is 12.5. The van der Waals surface area contributed by atoms with E-state index < -0.39 is 53.2 Å². The SMILES string of the molecule is CC(=O)OC[C@H]1O[C@@H](n2ccc(=O)[nH]c2=O)[C@H](OC(C)=O)[C@]1(C)OC(C)=O. The van der Waals surface area contributed by atoms with Crippen molar-refractivity contribution in [3.8, 4) is 0 Å². The largest absolute Gasteiger partial charge is 0.463 e. The lowest BCUT2D eigenvalue weighted by atomic mass is 9.94. The van der Waals surface area contributed by atoms with Gasteiger partial charge in [-0.15, -0.1) is 0 Å². The van der Waals surface area contributed by atoms with E-state index in [0.717, 1.165) is 30.7 Å². The number of H-pyrrole nitrogens is 1. The summed E-state index contributed by atoms with van der Waals surface area (Å²) >= 11 is 0. The van der Waals surface area contributed by atoms with E-state index in [4.69, 9.17) is 18.9 Å². The van der Waals surface area contributed by atoms with Gasteiger partial charge in [0.05, 0.1) is 0 Å². The Bertz CT molecular complexity index is 858. The van der Waals surface area contributed by atoms with Crippen molar-refractivity contribution in [1.29, 1.82) is 0 Å². The Morgan fingerprint density at radius 2 is 1.85 bits per heavy atom. The van der Waals surface area contributed by atoms with Crippen LogP contribution in [0.25, 0.3) is 0 Å². The van der Waals surface area contributed by atoms with Gasteiger partial charge in [-0.3, -0.25) is 28.7 Å². The molecule has 1 fully saturated rings. The first-order valence-corrected chi connectivity index (χ1v) is 8.01. The smallest absolute Gasteiger partial charge is 0.330 e. The molecule has 0 aliphatic carbocycles. The van der Waals surface area contributed by atoms with Gasteiger partial charge in [0.2, 0.25) is 0 Å². The second-order valence-electron chi connectivity index (χ2n) is 6.14. The van der Waals surface area contributed by atoms with E-state index in [2.05, 4.69) is 4.98 Å². The number of nitrogens with zero attached hydrogens (tertiary/aromatic N) is 1. The second-order valence-corrected chi connectivity index (χ2v) is 6.14. The molecule has 0 amide bonds. The molecule has 27 heavy (non-hydrogen) atoms. The van der Waals surface area contributed by atoms with Crippen molar-refractivity contribution in [1.82, 2.24) is 9.55 Å². The van der Waals surface area contributed by atoms with E-state index in [0.29, 0.717) is 0 Å². The third-order valence-electron chi connectivity index (χ3n) is 3.99. The molecule has 11 nitrogen and oxygen atoms in total. The zero-order chi connectivity index (χ0) is 20.4. The maximum absolute atomic E-state index is 12.2. The highest BCUT2D eigenvalue weighted by Gasteiger charge is 2.59. The molecule has 0 saturated carbocycles. The van der Waals surface area contributed by atoms with Gasteiger partial charge in [-0.25, -0.2) is 4.79 Å². The number of aromatic nitrogens is 2. The molecule has 148 valence electrons. The summed E-state index contributed by atoms with van der Waals surface area (Å²) in [5.41, 5.74) is -3.01. The molecule has 1 aromatic heterocycles. The summed E-state index contributed by atoms with van der Waals surface area (Å²) in [6.07, 6.45) is -2.37. The highest BCUT2D eigenvalue weighted by molar-refractivity contribution is 5.68. The van der Waals surface area contributed by atoms with Gasteiger partial charge in [0.1, 0.15) is 12.7 Å². The zero-order valence-electron chi connectivity index (χ0n) is 15.2. The lowest BCUT2D eigenvalue weighted by molar-refractivity contribution is -0.183. The zero-order valence-corrected chi connectivity index (χ0v) is 15.2. The Hall–Kier alpha value is -2.95. The second kappa shape index (κ2) is 7.74. The highest BCUT2D eigenvalue weighted by atomic mass is 16.7. The Morgan fingerprint density at radius 3 is 2.37 bits per heavy atom. The van der Waals surface area contributed by atoms with Crippen LogP contribution in [-0.2, 0) is 33.3 Å². The number of aromatic amines is 1. The van der Waals surface area contributed by atoms with E-state index in [1.807, 2.05) is 0 Å². The molecule has 0 bridgehead atoms. The van der Waals surface area contributed by atoms with E-state index in [9.17, 15) is 24.0 Å². The van der Waals surface area contributed by atoms with Crippen LogP contribution in [0.5, 0.6) is 0 Å². The van der Waals surface area contributed by atoms with Crippen LogP contribution >= 0.6 is 0 Å². The quantitative estimate of drug-likeness (QED) is 0.512. The monoisotopic (exact) mass is 384 g/mol. The predicted molar refractivity (Wildman–Crippen MR) is 87.6 cm³/mol. The number of rotatable bonds is 5. The molecule has 2 heterocycles. The fraction of sp³-hybridized carbons (Fsp3) is 0.562. The third-order valence-corrected chi connectivity index (χ3v) is 3.99. The Balaban J connectivity index is 2.52. The Labute approximate surface area is 153 Å². The minimum atomic E-state index is -1.56. The Morgan fingerprint density at radius 1 is 1.19 bits per heavy atom. The number of esters is 3. The van der Waals surface area contributed by atoms with Gasteiger partial charge in [0.25, 0.3) is 5.56 Å². The van der Waals surface area contributed by atoms with E-state index in [-0.39, 0.29) is 6.61 Å². The minimum Gasteiger partial charge on any atom is -0.463 e. The number of carbonyl (C=O) groups excluding carboxylic acids is 3. The predicted octanol–water partition coefficient (Wildman–Crippen LogP) is -0.749. The topological polar surface area (TPSA) is 143 Å². The van der Waals surface area contributed by atoms with Crippen molar-refractivity contribution in [2.75, 3.05) is 6.61 Å². The molecule has 0 spiro atoms. The standard InChI is InChI=1S/C16H20N2O9/c1-8(19)24-7-11-16(4,27-10(3)21)13(25-9(2)20)14(26-11)18-6-5-12(22)17-15(18)23/h5-6,11,13-14H,7H2,1-4H3,(H,17,22,23)/t11-,13+,14-,16-/m1/s1. The third kappa shape index (κ3) is 4.42. The first kappa shape index (κ1) is 20.4. The number of nitrogens with one attached hydrogen (secondary N) is 1.